The Morgan fingerprint density at radius 3 is 1.33 bits per heavy atom. The highest BCUT2D eigenvalue weighted by Crippen LogP contribution is 2.27. The molecule has 2 fully saturated rings. The van der Waals surface area contributed by atoms with Gasteiger partial charge in [-0.25, -0.2) is 0 Å². The van der Waals surface area contributed by atoms with Crippen molar-refractivity contribution in [3.05, 3.63) is 12.2 Å². The highest BCUT2D eigenvalue weighted by molar-refractivity contribution is 5.70. The molecule has 2 rings (SSSR count). The summed E-state index contributed by atoms with van der Waals surface area (Å²) in [7, 11) is 0. The van der Waals surface area contributed by atoms with E-state index in [-0.39, 0.29) is 26.1 Å². The molecule has 11 atom stereocenters. The Balaban J connectivity index is 1.78. The third kappa shape index (κ3) is 28.0. The molecule has 0 aromatic rings. The first-order valence-corrected chi connectivity index (χ1v) is 26.8. The zero-order valence-electron chi connectivity index (χ0n) is 41.7. The molecule has 0 spiro atoms. The molecule has 2 aliphatic rings. The topological polar surface area (TPSA) is 231 Å². The minimum atomic E-state index is -1.76. The van der Waals surface area contributed by atoms with Crippen LogP contribution in [-0.4, -0.2) is 142 Å². The van der Waals surface area contributed by atoms with E-state index in [1.54, 1.807) is 0 Å². The number of allylic oxidation sites excluding steroid dienone is 2. The summed E-state index contributed by atoms with van der Waals surface area (Å²) in [5.74, 6) is -0.924. The first-order chi connectivity index (χ1) is 32.5. The van der Waals surface area contributed by atoms with Gasteiger partial charge < -0.3 is 64.2 Å². The van der Waals surface area contributed by atoms with E-state index in [9.17, 15) is 45.3 Å². The number of hydrogen-bond acceptors (Lipinski definition) is 15. The molecule has 2 heterocycles. The highest BCUT2D eigenvalue weighted by atomic mass is 16.7. The van der Waals surface area contributed by atoms with Crippen molar-refractivity contribution in [2.24, 2.45) is 0 Å². The van der Waals surface area contributed by atoms with Crippen molar-refractivity contribution >= 4 is 11.9 Å². The molecular weight excluding hydrogens is 865 g/mol. The maximum Gasteiger partial charge on any atom is 0.306 e. The lowest BCUT2D eigenvalue weighted by Crippen LogP contribution is -2.61. The van der Waals surface area contributed by atoms with Gasteiger partial charge in [-0.05, 0) is 38.5 Å². The second-order valence-corrected chi connectivity index (χ2v) is 19.1. The lowest BCUT2D eigenvalue weighted by atomic mass is 9.98. The molecule has 0 bridgehead atoms. The Morgan fingerprint density at radius 2 is 0.851 bits per heavy atom. The monoisotopic (exact) mass is 961 g/mol. The number of hydrogen-bond donors (Lipinski definition) is 7. The van der Waals surface area contributed by atoms with Gasteiger partial charge in [-0.15, -0.1) is 0 Å². The van der Waals surface area contributed by atoms with Gasteiger partial charge in [0.1, 0.15) is 55.4 Å². The molecule has 15 nitrogen and oxygen atoms in total. The SMILES string of the molecule is CCCCCC/C=C\CCCCCCCC(=O)OC(COC(=O)CCCCCCCCCCCCCCCCCCCC)COC1OC(COC2OC(CO)C(O)C(O)C2O)C(O)C(O)C1O. The molecule has 0 saturated carbocycles. The van der Waals surface area contributed by atoms with Gasteiger partial charge in [0.15, 0.2) is 18.7 Å². The van der Waals surface area contributed by atoms with E-state index in [1.807, 2.05) is 0 Å². The summed E-state index contributed by atoms with van der Waals surface area (Å²) in [5, 5.41) is 72.1. The van der Waals surface area contributed by atoms with Crippen molar-refractivity contribution in [1.82, 2.24) is 0 Å². The van der Waals surface area contributed by atoms with Crippen LogP contribution in [0.3, 0.4) is 0 Å². The fraction of sp³-hybridized carbons (Fsp3) is 0.923. The molecule has 0 aliphatic carbocycles. The molecule has 0 aromatic carbocycles. The van der Waals surface area contributed by atoms with E-state index in [0.717, 1.165) is 57.8 Å². The van der Waals surface area contributed by atoms with Crippen LogP contribution in [0.5, 0.6) is 0 Å². The van der Waals surface area contributed by atoms with Crippen LogP contribution in [0.1, 0.15) is 213 Å². The van der Waals surface area contributed by atoms with Crippen LogP contribution in [0, 0.1) is 0 Å². The largest absolute Gasteiger partial charge is 0.462 e. The first-order valence-electron chi connectivity index (χ1n) is 26.8. The number of rotatable bonds is 42. The Kier molecular flexibility index (Phi) is 36.5. The van der Waals surface area contributed by atoms with Gasteiger partial charge in [0.05, 0.1) is 19.8 Å². The Morgan fingerprint density at radius 1 is 0.463 bits per heavy atom. The fourth-order valence-corrected chi connectivity index (χ4v) is 8.57. The summed E-state index contributed by atoms with van der Waals surface area (Å²) < 4.78 is 33.6. The molecule has 2 saturated heterocycles. The molecule has 0 radical (unpaired) electrons. The molecule has 0 amide bonds. The Labute approximate surface area is 403 Å². The van der Waals surface area contributed by atoms with Gasteiger partial charge in [0.2, 0.25) is 0 Å². The molecule has 15 heteroatoms. The number of carbonyl (C=O) groups excluding carboxylic acids is 2. The number of unbranched alkanes of at least 4 members (excludes halogenated alkanes) is 26. The van der Waals surface area contributed by atoms with E-state index in [0.29, 0.717) is 12.8 Å². The predicted molar refractivity (Wildman–Crippen MR) is 257 cm³/mol. The maximum absolute atomic E-state index is 13.0. The van der Waals surface area contributed by atoms with Crippen molar-refractivity contribution < 1.29 is 73.8 Å². The summed E-state index contributed by atoms with van der Waals surface area (Å²) in [6, 6.07) is 0. The predicted octanol–water partition coefficient (Wildman–Crippen LogP) is 7.77. The summed E-state index contributed by atoms with van der Waals surface area (Å²) in [5.41, 5.74) is 0. The zero-order chi connectivity index (χ0) is 48.9. The lowest BCUT2D eigenvalue weighted by molar-refractivity contribution is -0.332. The molecule has 2 aliphatic heterocycles. The zero-order valence-corrected chi connectivity index (χ0v) is 41.7. The fourth-order valence-electron chi connectivity index (χ4n) is 8.57. The van der Waals surface area contributed by atoms with Crippen molar-refractivity contribution in [1.29, 1.82) is 0 Å². The summed E-state index contributed by atoms with van der Waals surface area (Å²) >= 11 is 0. The second-order valence-electron chi connectivity index (χ2n) is 19.1. The third-order valence-corrected chi connectivity index (χ3v) is 13.0. The van der Waals surface area contributed by atoms with E-state index in [4.69, 9.17) is 28.4 Å². The molecule has 7 N–H and O–H groups in total. The van der Waals surface area contributed by atoms with Crippen LogP contribution >= 0.6 is 0 Å². The summed E-state index contributed by atoms with van der Waals surface area (Å²) in [6.45, 7) is 2.59. The van der Waals surface area contributed by atoms with E-state index < -0.39 is 92.7 Å². The van der Waals surface area contributed by atoms with Crippen LogP contribution in [0.15, 0.2) is 12.2 Å². The van der Waals surface area contributed by atoms with Crippen LogP contribution in [0.4, 0.5) is 0 Å². The summed E-state index contributed by atoms with van der Waals surface area (Å²) in [6.07, 6.45) is 22.4. The average Bonchev–Trinajstić information content (AvgIpc) is 3.32. The van der Waals surface area contributed by atoms with Crippen LogP contribution in [0.25, 0.3) is 0 Å². The maximum atomic E-state index is 13.0. The number of carbonyl (C=O) groups is 2. The quantitative estimate of drug-likeness (QED) is 0.0176. The Hall–Kier alpha value is -1.76. The number of aliphatic hydroxyl groups is 7. The van der Waals surface area contributed by atoms with Gasteiger partial charge >= 0.3 is 11.9 Å². The van der Waals surface area contributed by atoms with Gasteiger partial charge in [0, 0.05) is 12.8 Å². The smallest absolute Gasteiger partial charge is 0.306 e. The molecule has 394 valence electrons. The molecule has 11 unspecified atom stereocenters. The molecule has 67 heavy (non-hydrogen) atoms. The number of ether oxygens (including phenoxy) is 6. The Bertz CT molecular complexity index is 1220. The van der Waals surface area contributed by atoms with Crippen LogP contribution in [0.2, 0.25) is 0 Å². The van der Waals surface area contributed by atoms with Gasteiger partial charge in [0.25, 0.3) is 0 Å². The normalized spacial score (nSPS) is 26.0. The second kappa shape index (κ2) is 39.9. The minimum absolute atomic E-state index is 0.159. The van der Waals surface area contributed by atoms with E-state index in [2.05, 4.69) is 26.0 Å². The van der Waals surface area contributed by atoms with Crippen LogP contribution in [-0.2, 0) is 38.0 Å². The molecular formula is C52H96O15. The summed E-state index contributed by atoms with van der Waals surface area (Å²) in [4.78, 5) is 25.8. The minimum Gasteiger partial charge on any atom is -0.462 e. The molecule has 0 aromatic heterocycles. The number of aliphatic hydroxyl groups excluding tert-OH is 7. The van der Waals surface area contributed by atoms with Crippen molar-refractivity contribution in [2.45, 2.75) is 280 Å². The van der Waals surface area contributed by atoms with E-state index in [1.165, 1.54) is 116 Å². The van der Waals surface area contributed by atoms with Crippen molar-refractivity contribution in [2.75, 3.05) is 26.4 Å². The van der Waals surface area contributed by atoms with Gasteiger partial charge in [-0.3, -0.25) is 9.59 Å². The number of esters is 2. The average molecular weight is 961 g/mol. The van der Waals surface area contributed by atoms with E-state index >= 15 is 0 Å². The van der Waals surface area contributed by atoms with Crippen molar-refractivity contribution in [3.63, 3.8) is 0 Å². The van der Waals surface area contributed by atoms with Crippen molar-refractivity contribution in [3.8, 4) is 0 Å². The van der Waals surface area contributed by atoms with Crippen LogP contribution < -0.4 is 0 Å². The van der Waals surface area contributed by atoms with Gasteiger partial charge in [-0.1, -0.05) is 174 Å². The first kappa shape index (κ1) is 61.4. The van der Waals surface area contributed by atoms with Gasteiger partial charge in [-0.2, -0.15) is 0 Å². The highest BCUT2D eigenvalue weighted by Gasteiger charge is 2.47. The third-order valence-electron chi connectivity index (χ3n) is 13.0. The standard InChI is InChI=1S/C52H96O15/c1-3-5-7-9-11-13-15-17-18-19-20-21-23-24-26-28-30-32-34-43(54)62-37-40(65-44(55)35-33-31-29-27-25-22-16-14-12-10-8-6-4-2)38-63-51-50(61)48(59)46(57)42(67-51)39-64-52-49(60)47(58)45(56)41(36-53)66-52/h14,16,40-42,45-53,56-61H,3-13,15,17-39H2,1-2H3/b16-14-. The lowest BCUT2D eigenvalue weighted by Gasteiger charge is -2.42.